The highest BCUT2D eigenvalue weighted by molar-refractivity contribution is 6.04. The summed E-state index contributed by atoms with van der Waals surface area (Å²) in [7, 11) is 0. The lowest BCUT2D eigenvalue weighted by molar-refractivity contribution is 0.437. The van der Waals surface area contributed by atoms with E-state index in [0.29, 0.717) is 0 Å². The number of ether oxygens (including phenoxy) is 1. The van der Waals surface area contributed by atoms with E-state index in [-0.39, 0.29) is 0 Å². The predicted octanol–water partition coefficient (Wildman–Crippen LogP) is 11.6. The number of fused-ring (bicyclic) bond motifs is 11. The van der Waals surface area contributed by atoms with Crippen molar-refractivity contribution in [3.05, 3.63) is 205 Å². The number of hydrogen-bond donors (Lipinski definition) is 0. The van der Waals surface area contributed by atoms with E-state index in [4.69, 9.17) is 14.7 Å². The van der Waals surface area contributed by atoms with Gasteiger partial charge in [0.1, 0.15) is 11.5 Å². The normalized spacial score (nSPS) is 13.1. The molecule has 0 saturated heterocycles. The summed E-state index contributed by atoms with van der Waals surface area (Å²) in [6.45, 7) is 0. The van der Waals surface area contributed by atoms with Crippen molar-refractivity contribution in [1.29, 1.82) is 0 Å². The Bertz CT molecular complexity index is 2800. The van der Waals surface area contributed by atoms with Crippen molar-refractivity contribution in [2.24, 2.45) is 0 Å². The van der Waals surface area contributed by atoms with E-state index >= 15 is 0 Å². The first-order valence-electron chi connectivity index (χ1n) is 18.1. The molecule has 252 valence electrons. The number of aromatic nitrogens is 4. The monoisotopic (exact) mass is 690 g/mol. The Hall–Kier alpha value is -7.24. The molecule has 0 atom stereocenters. The van der Waals surface area contributed by atoms with Gasteiger partial charge in [0.2, 0.25) is 0 Å². The average molecular weight is 691 g/mol. The molecule has 0 radical (unpaired) electrons. The molecular weight excluding hydrogens is 661 g/mol. The first-order valence-corrected chi connectivity index (χ1v) is 18.1. The molecule has 0 bridgehead atoms. The van der Waals surface area contributed by atoms with Crippen molar-refractivity contribution in [2.45, 2.75) is 5.41 Å². The van der Waals surface area contributed by atoms with Crippen LogP contribution in [0.5, 0.6) is 11.5 Å². The van der Waals surface area contributed by atoms with Gasteiger partial charge in [-0.3, -0.25) is 9.97 Å². The van der Waals surface area contributed by atoms with E-state index in [1.807, 2.05) is 36.4 Å². The second-order valence-corrected chi connectivity index (χ2v) is 13.8. The lowest BCUT2D eigenvalue weighted by Crippen LogP contribution is -2.32. The zero-order valence-corrected chi connectivity index (χ0v) is 29.0. The van der Waals surface area contributed by atoms with Crippen LogP contribution in [0.25, 0.3) is 67.2 Å². The van der Waals surface area contributed by atoms with Crippen LogP contribution in [0, 0.1) is 0 Å². The van der Waals surface area contributed by atoms with Gasteiger partial charge in [-0.05, 0) is 82.4 Å². The molecule has 0 unspecified atom stereocenters. The maximum atomic E-state index is 6.62. The molecule has 1 aliphatic heterocycles. The Labute approximate surface area is 312 Å². The van der Waals surface area contributed by atoms with Crippen LogP contribution in [0.3, 0.4) is 0 Å². The van der Waals surface area contributed by atoms with Crippen LogP contribution in [-0.4, -0.2) is 19.9 Å². The highest BCUT2D eigenvalue weighted by Gasteiger charge is 2.52. The molecule has 54 heavy (non-hydrogen) atoms. The van der Waals surface area contributed by atoms with Crippen molar-refractivity contribution in [3.8, 4) is 67.8 Å². The van der Waals surface area contributed by atoms with Crippen LogP contribution < -0.4 is 4.74 Å². The second-order valence-electron chi connectivity index (χ2n) is 13.8. The van der Waals surface area contributed by atoms with E-state index in [1.165, 1.54) is 16.7 Å². The maximum Gasteiger partial charge on any atom is 0.132 e. The summed E-state index contributed by atoms with van der Waals surface area (Å²) in [6, 6.07) is 59.2. The highest BCUT2D eigenvalue weighted by Crippen LogP contribution is 2.64. The smallest absolute Gasteiger partial charge is 0.132 e. The van der Waals surface area contributed by atoms with Crippen molar-refractivity contribution in [1.82, 2.24) is 19.9 Å². The Morgan fingerprint density at radius 2 is 0.981 bits per heavy atom. The average Bonchev–Trinajstić information content (AvgIpc) is 3.56. The van der Waals surface area contributed by atoms with Gasteiger partial charge in [-0.1, -0.05) is 115 Å². The zero-order chi connectivity index (χ0) is 35.6. The summed E-state index contributed by atoms with van der Waals surface area (Å²) in [5, 5.41) is 1.14. The molecule has 5 nitrogen and oxygen atoms in total. The van der Waals surface area contributed by atoms with Gasteiger partial charge in [-0.25, -0.2) is 9.97 Å². The largest absolute Gasteiger partial charge is 0.457 e. The molecule has 0 saturated carbocycles. The summed E-state index contributed by atoms with van der Waals surface area (Å²) in [4.78, 5) is 19.7. The van der Waals surface area contributed by atoms with Gasteiger partial charge in [-0.2, -0.15) is 0 Å². The number of nitrogens with zero attached hydrogens (tertiary/aromatic N) is 4. The first-order chi connectivity index (χ1) is 26.8. The SMILES string of the molecule is c1ccc(-c2cc(-c3ccc(-c4nc5ccccc5c5c4-c4ccccc4C54c5ccccc5Oc5ccccc54)cc3)cc(-c3ccccn3)n2)nc1. The van der Waals surface area contributed by atoms with E-state index in [2.05, 4.69) is 143 Å². The molecule has 5 heteroatoms. The molecule has 0 fully saturated rings. The summed E-state index contributed by atoms with van der Waals surface area (Å²) >= 11 is 0. The van der Waals surface area contributed by atoms with Crippen LogP contribution in [0.15, 0.2) is 182 Å². The third kappa shape index (κ3) is 4.45. The fourth-order valence-corrected chi connectivity index (χ4v) is 8.60. The van der Waals surface area contributed by atoms with E-state index < -0.39 is 5.41 Å². The Kier molecular flexibility index (Phi) is 6.70. The molecule has 9 aromatic rings. The van der Waals surface area contributed by atoms with E-state index in [1.54, 1.807) is 12.4 Å². The van der Waals surface area contributed by atoms with E-state index in [0.717, 1.165) is 84.3 Å². The molecule has 11 rings (SSSR count). The van der Waals surface area contributed by atoms with Crippen molar-refractivity contribution in [2.75, 3.05) is 0 Å². The molecular formula is C49H30N4O. The summed E-state index contributed by atoms with van der Waals surface area (Å²) in [5.41, 5.74) is 14.8. The molecule has 0 amide bonds. The van der Waals surface area contributed by atoms with Gasteiger partial charge < -0.3 is 4.74 Å². The lowest BCUT2D eigenvalue weighted by atomic mass is 9.65. The summed E-state index contributed by atoms with van der Waals surface area (Å²) < 4.78 is 6.62. The number of benzene rings is 5. The molecule has 0 N–H and O–H groups in total. The Balaban J connectivity index is 1.14. The predicted molar refractivity (Wildman–Crippen MR) is 214 cm³/mol. The van der Waals surface area contributed by atoms with Gasteiger partial charge in [-0.15, -0.1) is 0 Å². The topological polar surface area (TPSA) is 60.8 Å². The van der Waals surface area contributed by atoms with Crippen LogP contribution >= 0.6 is 0 Å². The number of rotatable bonds is 4. The summed E-state index contributed by atoms with van der Waals surface area (Å²) in [6.07, 6.45) is 3.60. The standard InChI is InChI=1S/C49H30N4O/c1-3-15-36-34(13-1)46-47(49(36)37-16-4-7-21-44(37)54-45-22-8-5-17-38(45)49)35-14-2-6-18-39(35)53-48(46)32-25-23-31(24-26-32)33-29-42(40-19-9-11-27-50-40)52-43(30-33)41-20-10-12-28-51-41/h1-30H. The fraction of sp³-hybridized carbons (Fsp3) is 0.0204. The minimum absolute atomic E-state index is 0.602. The Morgan fingerprint density at radius 1 is 0.426 bits per heavy atom. The third-order valence-electron chi connectivity index (χ3n) is 10.8. The quantitative estimate of drug-likeness (QED) is 0.184. The molecule has 4 aromatic heterocycles. The van der Waals surface area contributed by atoms with Crippen LogP contribution in [0.2, 0.25) is 0 Å². The molecule has 5 heterocycles. The number of hydrogen-bond acceptors (Lipinski definition) is 5. The zero-order valence-electron chi connectivity index (χ0n) is 29.0. The molecule has 1 spiro atoms. The van der Waals surface area contributed by atoms with Gasteiger partial charge in [0, 0.05) is 40.0 Å². The highest BCUT2D eigenvalue weighted by atomic mass is 16.5. The molecule has 1 aliphatic carbocycles. The van der Waals surface area contributed by atoms with Crippen LogP contribution in [0.4, 0.5) is 0 Å². The number of pyridine rings is 4. The number of para-hydroxylation sites is 3. The Morgan fingerprint density at radius 3 is 1.63 bits per heavy atom. The van der Waals surface area contributed by atoms with Gasteiger partial charge in [0.25, 0.3) is 0 Å². The fourth-order valence-electron chi connectivity index (χ4n) is 8.60. The minimum atomic E-state index is -0.602. The summed E-state index contributed by atoms with van der Waals surface area (Å²) in [5.74, 6) is 1.75. The minimum Gasteiger partial charge on any atom is -0.457 e. The third-order valence-corrected chi connectivity index (χ3v) is 10.8. The maximum absolute atomic E-state index is 6.62. The lowest BCUT2D eigenvalue weighted by Gasteiger charge is -2.39. The van der Waals surface area contributed by atoms with Crippen molar-refractivity contribution >= 4 is 10.9 Å². The van der Waals surface area contributed by atoms with Gasteiger partial charge >= 0.3 is 0 Å². The van der Waals surface area contributed by atoms with Crippen molar-refractivity contribution in [3.63, 3.8) is 0 Å². The molecule has 2 aliphatic rings. The van der Waals surface area contributed by atoms with Gasteiger partial charge in [0.05, 0.1) is 39.4 Å². The molecule has 5 aromatic carbocycles. The van der Waals surface area contributed by atoms with E-state index in [9.17, 15) is 0 Å². The van der Waals surface area contributed by atoms with Crippen molar-refractivity contribution < 1.29 is 4.74 Å². The second kappa shape index (κ2) is 11.9. The first kappa shape index (κ1) is 30.4. The van der Waals surface area contributed by atoms with Crippen LogP contribution in [0.1, 0.15) is 22.3 Å². The van der Waals surface area contributed by atoms with Crippen LogP contribution in [-0.2, 0) is 5.41 Å². The van der Waals surface area contributed by atoms with Gasteiger partial charge in [0.15, 0.2) is 0 Å².